The molecule has 1 heterocycles. The van der Waals surface area contributed by atoms with E-state index < -0.39 is 0 Å². The van der Waals surface area contributed by atoms with E-state index >= 15 is 0 Å². The topological polar surface area (TPSA) is 38.1 Å². The number of hydrogen-bond donors (Lipinski definition) is 0. The van der Waals surface area contributed by atoms with E-state index in [1.54, 1.807) is 22.0 Å². The second-order valence-electron chi connectivity index (χ2n) is 3.88. The summed E-state index contributed by atoms with van der Waals surface area (Å²) in [7, 11) is 3.65. The summed E-state index contributed by atoms with van der Waals surface area (Å²) in [5, 5.41) is 5.03. The summed E-state index contributed by atoms with van der Waals surface area (Å²) in [6.07, 6.45) is 6.72. The van der Waals surface area contributed by atoms with E-state index in [0.717, 1.165) is 31.1 Å². The Morgan fingerprint density at radius 3 is 2.81 bits per heavy atom. The van der Waals surface area contributed by atoms with E-state index in [2.05, 4.69) is 21.0 Å². The monoisotopic (exact) mass is 287 g/mol. The number of aryl methyl sites for hydroxylation is 1. The van der Waals surface area contributed by atoms with Crippen LogP contribution in [0.15, 0.2) is 12.4 Å². The van der Waals surface area contributed by atoms with Crippen molar-refractivity contribution in [3.05, 3.63) is 18.0 Å². The van der Waals surface area contributed by atoms with Crippen LogP contribution in [0.2, 0.25) is 0 Å². The van der Waals surface area contributed by atoms with E-state index in [-0.39, 0.29) is 5.91 Å². The average Bonchev–Trinajstić information content (AvgIpc) is 2.70. The van der Waals surface area contributed by atoms with E-state index in [4.69, 9.17) is 0 Å². The van der Waals surface area contributed by atoms with Crippen LogP contribution in [-0.4, -0.2) is 39.5 Å². The fourth-order valence-electron chi connectivity index (χ4n) is 1.47. The lowest BCUT2D eigenvalue weighted by Crippen LogP contribution is -2.27. The Kier molecular flexibility index (Phi) is 5.52. The van der Waals surface area contributed by atoms with Crippen molar-refractivity contribution >= 4 is 21.8 Å². The summed E-state index contributed by atoms with van der Waals surface area (Å²) >= 11 is 3.39. The van der Waals surface area contributed by atoms with E-state index in [9.17, 15) is 4.79 Å². The number of carbonyl (C=O) groups is 1. The highest BCUT2D eigenvalue weighted by Crippen LogP contribution is 2.04. The van der Waals surface area contributed by atoms with Crippen molar-refractivity contribution in [1.29, 1.82) is 0 Å². The van der Waals surface area contributed by atoms with Crippen molar-refractivity contribution in [2.24, 2.45) is 7.05 Å². The maximum absolute atomic E-state index is 11.9. The lowest BCUT2D eigenvalue weighted by atomic mass is 10.2. The molecular weight excluding hydrogens is 270 g/mol. The summed E-state index contributed by atoms with van der Waals surface area (Å²) in [5.41, 5.74) is 0.658. The molecule has 1 aromatic heterocycles. The fraction of sp³-hybridized carbons (Fsp3) is 0.636. The number of unbranched alkanes of at least 4 members (excludes halogenated alkanes) is 2. The zero-order chi connectivity index (χ0) is 12.0. The Morgan fingerprint density at radius 2 is 2.25 bits per heavy atom. The first kappa shape index (κ1) is 13.2. The minimum atomic E-state index is 0.0481. The minimum absolute atomic E-state index is 0.0481. The molecule has 0 atom stereocenters. The van der Waals surface area contributed by atoms with Gasteiger partial charge in [0.15, 0.2) is 0 Å². The van der Waals surface area contributed by atoms with Gasteiger partial charge in [-0.2, -0.15) is 5.10 Å². The molecule has 1 rings (SSSR count). The van der Waals surface area contributed by atoms with Crippen molar-refractivity contribution in [2.45, 2.75) is 19.3 Å². The first-order valence-corrected chi connectivity index (χ1v) is 6.57. The van der Waals surface area contributed by atoms with Gasteiger partial charge in [0.2, 0.25) is 0 Å². The molecule has 1 aromatic rings. The van der Waals surface area contributed by atoms with Crippen LogP contribution in [0.3, 0.4) is 0 Å². The maximum atomic E-state index is 11.9. The number of rotatable bonds is 6. The highest BCUT2D eigenvalue weighted by molar-refractivity contribution is 9.09. The summed E-state index contributed by atoms with van der Waals surface area (Å²) in [6.45, 7) is 0.806. The molecule has 0 aliphatic carbocycles. The van der Waals surface area contributed by atoms with E-state index in [0.29, 0.717) is 5.56 Å². The van der Waals surface area contributed by atoms with E-state index in [1.807, 2.05) is 14.1 Å². The average molecular weight is 288 g/mol. The maximum Gasteiger partial charge on any atom is 0.256 e. The van der Waals surface area contributed by atoms with Gasteiger partial charge in [-0.3, -0.25) is 9.48 Å². The zero-order valence-corrected chi connectivity index (χ0v) is 11.4. The van der Waals surface area contributed by atoms with Gasteiger partial charge in [0, 0.05) is 32.2 Å². The number of alkyl halides is 1. The molecule has 0 unspecified atom stereocenters. The Balaban J connectivity index is 2.36. The highest BCUT2D eigenvalue weighted by Gasteiger charge is 2.12. The first-order valence-electron chi connectivity index (χ1n) is 5.45. The SMILES string of the molecule is CN(CCCCCBr)C(=O)c1cnn(C)c1. The highest BCUT2D eigenvalue weighted by atomic mass is 79.9. The van der Waals surface area contributed by atoms with Crippen LogP contribution in [0.1, 0.15) is 29.6 Å². The van der Waals surface area contributed by atoms with Gasteiger partial charge in [0.25, 0.3) is 5.91 Å². The smallest absolute Gasteiger partial charge is 0.256 e. The van der Waals surface area contributed by atoms with Gasteiger partial charge >= 0.3 is 0 Å². The summed E-state index contributed by atoms with van der Waals surface area (Å²) in [6, 6.07) is 0. The minimum Gasteiger partial charge on any atom is -0.342 e. The third kappa shape index (κ3) is 3.96. The summed E-state index contributed by atoms with van der Waals surface area (Å²) < 4.78 is 1.64. The molecule has 16 heavy (non-hydrogen) atoms. The lowest BCUT2D eigenvalue weighted by Gasteiger charge is -2.15. The van der Waals surface area contributed by atoms with Crippen LogP contribution in [0.4, 0.5) is 0 Å². The van der Waals surface area contributed by atoms with Crippen LogP contribution in [-0.2, 0) is 7.05 Å². The van der Waals surface area contributed by atoms with Gasteiger partial charge in [-0.05, 0) is 12.8 Å². The largest absolute Gasteiger partial charge is 0.342 e. The summed E-state index contributed by atoms with van der Waals surface area (Å²) in [5.74, 6) is 0.0481. The fourth-order valence-corrected chi connectivity index (χ4v) is 1.87. The quantitative estimate of drug-likeness (QED) is 0.593. The number of nitrogens with zero attached hydrogens (tertiary/aromatic N) is 3. The second kappa shape index (κ2) is 6.68. The van der Waals surface area contributed by atoms with Crippen LogP contribution in [0, 0.1) is 0 Å². The van der Waals surface area contributed by atoms with Gasteiger partial charge in [-0.15, -0.1) is 0 Å². The van der Waals surface area contributed by atoms with Crippen molar-refractivity contribution in [1.82, 2.24) is 14.7 Å². The third-order valence-corrected chi connectivity index (χ3v) is 2.99. The molecule has 0 saturated carbocycles. The third-order valence-electron chi connectivity index (χ3n) is 2.43. The molecular formula is C11H18BrN3O. The molecule has 90 valence electrons. The molecule has 0 aliphatic rings. The van der Waals surface area contributed by atoms with Gasteiger partial charge in [0.1, 0.15) is 0 Å². The van der Waals surface area contributed by atoms with Crippen LogP contribution in [0.5, 0.6) is 0 Å². The number of carbonyl (C=O) groups excluding carboxylic acids is 1. The molecule has 0 saturated heterocycles. The number of amides is 1. The van der Waals surface area contributed by atoms with Crippen molar-refractivity contribution < 1.29 is 4.79 Å². The number of hydrogen-bond acceptors (Lipinski definition) is 2. The predicted octanol–water partition coefficient (Wildman–Crippen LogP) is 2.06. The molecule has 5 heteroatoms. The molecule has 0 aromatic carbocycles. The Hall–Kier alpha value is -0.840. The molecule has 0 fully saturated rings. The molecule has 1 amide bonds. The molecule has 0 aliphatic heterocycles. The normalized spacial score (nSPS) is 10.4. The van der Waals surface area contributed by atoms with Gasteiger partial charge < -0.3 is 4.90 Å². The van der Waals surface area contributed by atoms with Gasteiger partial charge in [-0.1, -0.05) is 22.4 Å². The molecule has 0 spiro atoms. The molecule has 0 N–H and O–H groups in total. The van der Waals surface area contributed by atoms with E-state index in [1.165, 1.54) is 0 Å². The molecule has 0 radical (unpaired) electrons. The number of halogens is 1. The van der Waals surface area contributed by atoms with Crippen LogP contribution >= 0.6 is 15.9 Å². The predicted molar refractivity (Wildman–Crippen MR) is 67.8 cm³/mol. The Morgan fingerprint density at radius 1 is 1.50 bits per heavy atom. The van der Waals surface area contributed by atoms with Crippen LogP contribution < -0.4 is 0 Å². The molecule has 0 bridgehead atoms. The Bertz CT molecular complexity index is 338. The number of aromatic nitrogens is 2. The van der Waals surface area contributed by atoms with Crippen molar-refractivity contribution in [3.8, 4) is 0 Å². The van der Waals surface area contributed by atoms with Gasteiger partial charge in [0.05, 0.1) is 11.8 Å². The molecule has 4 nitrogen and oxygen atoms in total. The zero-order valence-electron chi connectivity index (χ0n) is 9.82. The standard InChI is InChI=1S/C11H18BrN3O/c1-14(7-5-3-4-6-12)11(16)10-8-13-15(2)9-10/h8-9H,3-7H2,1-2H3. The lowest BCUT2D eigenvalue weighted by molar-refractivity contribution is 0.0792. The Labute approximate surface area is 105 Å². The van der Waals surface area contributed by atoms with Crippen molar-refractivity contribution in [2.75, 3.05) is 18.9 Å². The second-order valence-corrected chi connectivity index (χ2v) is 4.67. The van der Waals surface area contributed by atoms with Gasteiger partial charge in [-0.25, -0.2) is 0 Å². The summed E-state index contributed by atoms with van der Waals surface area (Å²) in [4.78, 5) is 13.6. The first-order chi connectivity index (χ1) is 7.65. The van der Waals surface area contributed by atoms with Crippen LogP contribution in [0.25, 0.3) is 0 Å². The van der Waals surface area contributed by atoms with Crippen molar-refractivity contribution in [3.63, 3.8) is 0 Å².